The van der Waals surface area contributed by atoms with Gasteiger partial charge < -0.3 is 9.47 Å². The second-order valence-electron chi connectivity index (χ2n) is 4.94. The molecule has 0 aromatic carbocycles. The highest BCUT2D eigenvalue weighted by Crippen LogP contribution is 2.53. The molecule has 2 rings (SSSR count). The molecule has 17 heavy (non-hydrogen) atoms. The van der Waals surface area contributed by atoms with Gasteiger partial charge in [0.2, 0.25) is 0 Å². The van der Waals surface area contributed by atoms with E-state index >= 15 is 0 Å². The minimum Gasteiger partial charge on any atom is -0.468 e. The second kappa shape index (κ2) is 4.13. The molecular formula is C12H16O5. The number of hydrogen-bond donors (Lipinski definition) is 0. The predicted octanol–water partition coefficient (Wildman–Crippen LogP) is 0.708. The van der Waals surface area contributed by atoms with E-state index in [1.165, 1.54) is 14.2 Å². The maximum Gasteiger partial charge on any atom is 0.323 e. The molecule has 0 unspecified atom stereocenters. The highest BCUT2D eigenvalue weighted by molar-refractivity contribution is 6.01. The Labute approximate surface area is 99.5 Å². The fraction of sp³-hybridized carbons (Fsp3) is 0.750. The van der Waals surface area contributed by atoms with Crippen LogP contribution in [0.3, 0.4) is 0 Å². The Morgan fingerprint density at radius 1 is 1.06 bits per heavy atom. The topological polar surface area (TPSA) is 69.7 Å². The molecule has 2 aliphatic carbocycles. The first-order chi connectivity index (χ1) is 8.03. The molecule has 0 bridgehead atoms. The SMILES string of the molecule is COC(=O)C1(C(=O)OC)C[C@H]2CC(=O)C[C@H]2C1. The van der Waals surface area contributed by atoms with Gasteiger partial charge in [0, 0.05) is 12.8 Å². The zero-order valence-electron chi connectivity index (χ0n) is 10.0. The minimum absolute atomic E-state index is 0.126. The molecule has 94 valence electrons. The molecule has 0 amide bonds. The Kier molecular flexibility index (Phi) is 2.93. The van der Waals surface area contributed by atoms with Crippen LogP contribution in [0.5, 0.6) is 0 Å². The number of methoxy groups -OCH3 is 2. The van der Waals surface area contributed by atoms with E-state index in [1.807, 2.05) is 0 Å². The molecule has 5 nitrogen and oxygen atoms in total. The van der Waals surface area contributed by atoms with Crippen LogP contribution < -0.4 is 0 Å². The molecule has 0 heterocycles. The van der Waals surface area contributed by atoms with Crippen molar-refractivity contribution in [2.24, 2.45) is 17.3 Å². The van der Waals surface area contributed by atoms with Gasteiger partial charge in [-0.2, -0.15) is 0 Å². The summed E-state index contributed by atoms with van der Waals surface area (Å²) in [4.78, 5) is 35.0. The van der Waals surface area contributed by atoms with E-state index < -0.39 is 17.4 Å². The van der Waals surface area contributed by atoms with Crippen LogP contribution in [0.4, 0.5) is 0 Å². The third-order valence-electron chi connectivity index (χ3n) is 4.02. The van der Waals surface area contributed by atoms with Gasteiger partial charge in [-0.3, -0.25) is 14.4 Å². The van der Waals surface area contributed by atoms with Crippen molar-refractivity contribution in [2.75, 3.05) is 14.2 Å². The molecule has 0 aromatic heterocycles. The normalized spacial score (nSPS) is 29.9. The number of esters is 2. The first kappa shape index (κ1) is 12.1. The zero-order chi connectivity index (χ0) is 12.6. The third kappa shape index (κ3) is 1.73. The standard InChI is InChI=1S/C12H16O5/c1-16-10(14)12(11(15)17-2)5-7-3-9(13)4-8(7)6-12/h7-8H,3-6H2,1-2H3/t7-,8+. The number of carbonyl (C=O) groups excluding carboxylic acids is 3. The first-order valence-electron chi connectivity index (χ1n) is 5.72. The number of ketones is 1. The molecule has 2 fully saturated rings. The van der Waals surface area contributed by atoms with E-state index in [1.54, 1.807) is 0 Å². The van der Waals surface area contributed by atoms with Gasteiger partial charge in [0.1, 0.15) is 5.78 Å². The highest BCUT2D eigenvalue weighted by Gasteiger charge is 2.59. The van der Waals surface area contributed by atoms with Crippen LogP contribution in [0, 0.1) is 17.3 Å². The lowest BCUT2D eigenvalue weighted by molar-refractivity contribution is -0.169. The number of fused-ring (bicyclic) bond motifs is 1. The fourth-order valence-corrected chi connectivity index (χ4v) is 3.27. The zero-order valence-corrected chi connectivity index (χ0v) is 10.0. The highest BCUT2D eigenvalue weighted by atomic mass is 16.5. The van der Waals surface area contributed by atoms with E-state index in [9.17, 15) is 14.4 Å². The van der Waals surface area contributed by atoms with Crippen LogP contribution in [0.1, 0.15) is 25.7 Å². The van der Waals surface area contributed by atoms with E-state index in [0.29, 0.717) is 25.7 Å². The summed E-state index contributed by atoms with van der Waals surface area (Å²) in [5.74, 6) is -0.595. The minimum atomic E-state index is -1.18. The maximum atomic E-state index is 11.8. The number of rotatable bonds is 2. The van der Waals surface area contributed by atoms with Crippen LogP contribution in [-0.4, -0.2) is 31.9 Å². The fourth-order valence-electron chi connectivity index (χ4n) is 3.27. The average Bonchev–Trinajstić information content (AvgIpc) is 2.81. The summed E-state index contributed by atoms with van der Waals surface area (Å²) >= 11 is 0. The van der Waals surface area contributed by atoms with Crippen LogP contribution in [-0.2, 0) is 23.9 Å². The number of ether oxygens (including phenoxy) is 2. The van der Waals surface area contributed by atoms with E-state index in [-0.39, 0.29) is 17.6 Å². The summed E-state index contributed by atoms with van der Waals surface area (Å²) in [5, 5.41) is 0. The van der Waals surface area contributed by atoms with Crippen molar-refractivity contribution in [1.82, 2.24) is 0 Å². The van der Waals surface area contributed by atoms with Crippen molar-refractivity contribution in [1.29, 1.82) is 0 Å². The van der Waals surface area contributed by atoms with Crippen LogP contribution in [0.15, 0.2) is 0 Å². The summed E-state index contributed by atoms with van der Waals surface area (Å²) in [6.45, 7) is 0. The second-order valence-corrected chi connectivity index (χ2v) is 4.94. The van der Waals surface area contributed by atoms with Crippen LogP contribution in [0.2, 0.25) is 0 Å². The van der Waals surface area contributed by atoms with Gasteiger partial charge in [0.05, 0.1) is 14.2 Å². The molecular weight excluding hydrogens is 224 g/mol. The number of Topliss-reactive ketones (excluding diaryl/α,β-unsaturated/α-hetero) is 1. The molecule has 0 aliphatic heterocycles. The van der Waals surface area contributed by atoms with Gasteiger partial charge in [-0.1, -0.05) is 0 Å². The Morgan fingerprint density at radius 3 is 1.82 bits per heavy atom. The van der Waals surface area contributed by atoms with Gasteiger partial charge in [-0.05, 0) is 24.7 Å². The van der Waals surface area contributed by atoms with E-state index in [0.717, 1.165) is 0 Å². The van der Waals surface area contributed by atoms with Crippen molar-refractivity contribution in [3.8, 4) is 0 Å². The first-order valence-corrected chi connectivity index (χ1v) is 5.72. The Bertz CT molecular complexity index is 339. The molecule has 5 heteroatoms. The Balaban J connectivity index is 2.25. The smallest absolute Gasteiger partial charge is 0.323 e. The predicted molar refractivity (Wildman–Crippen MR) is 56.9 cm³/mol. The molecule has 0 aromatic rings. The third-order valence-corrected chi connectivity index (χ3v) is 4.02. The van der Waals surface area contributed by atoms with Gasteiger partial charge in [-0.25, -0.2) is 0 Å². The van der Waals surface area contributed by atoms with Crippen molar-refractivity contribution < 1.29 is 23.9 Å². The molecule has 0 N–H and O–H groups in total. The summed E-state index contributed by atoms with van der Waals surface area (Å²) in [5.41, 5.74) is -1.18. The lowest BCUT2D eigenvalue weighted by Gasteiger charge is -2.23. The number of carbonyl (C=O) groups is 3. The Morgan fingerprint density at radius 2 is 1.47 bits per heavy atom. The summed E-state index contributed by atoms with van der Waals surface area (Å²) in [6, 6.07) is 0. The Hall–Kier alpha value is -1.39. The molecule has 0 radical (unpaired) electrons. The summed E-state index contributed by atoms with van der Waals surface area (Å²) in [7, 11) is 2.54. The van der Waals surface area contributed by atoms with E-state index in [2.05, 4.69) is 0 Å². The monoisotopic (exact) mass is 240 g/mol. The van der Waals surface area contributed by atoms with Crippen molar-refractivity contribution in [2.45, 2.75) is 25.7 Å². The lowest BCUT2D eigenvalue weighted by Crippen LogP contribution is -2.39. The van der Waals surface area contributed by atoms with Gasteiger partial charge in [0.25, 0.3) is 0 Å². The quantitative estimate of drug-likeness (QED) is 0.525. The molecule has 0 spiro atoms. The number of hydrogen-bond acceptors (Lipinski definition) is 5. The molecule has 2 atom stereocenters. The van der Waals surface area contributed by atoms with Crippen LogP contribution >= 0.6 is 0 Å². The lowest BCUT2D eigenvalue weighted by atomic mass is 9.83. The van der Waals surface area contributed by atoms with Crippen LogP contribution in [0.25, 0.3) is 0 Å². The van der Waals surface area contributed by atoms with Crippen molar-refractivity contribution >= 4 is 17.7 Å². The van der Waals surface area contributed by atoms with Gasteiger partial charge >= 0.3 is 11.9 Å². The van der Waals surface area contributed by atoms with Crippen molar-refractivity contribution in [3.05, 3.63) is 0 Å². The molecule has 2 aliphatic rings. The maximum absolute atomic E-state index is 11.8. The average molecular weight is 240 g/mol. The molecule has 0 saturated heterocycles. The van der Waals surface area contributed by atoms with Gasteiger partial charge in [-0.15, -0.1) is 0 Å². The van der Waals surface area contributed by atoms with Crippen molar-refractivity contribution in [3.63, 3.8) is 0 Å². The molecule has 2 saturated carbocycles. The summed E-state index contributed by atoms with van der Waals surface area (Å²) in [6.07, 6.45) is 1.70. The summed E-state index contributed by atoms with van der Waals surface area (Å²) < 4.78 is 9.46. The largest absolute Gasteiger partial charge is 0.468 e. The van der Waals surface area contributed by atoms with Gasteiger partial charge in [0.15, 0.2) is 5.41 Å². The van der Waals surface area contributed by atoms with E-state index in [4.69, 9.17) is 9.47 Å².